The zero-order valence-electron chi connectivity index (χ0n) is 11.2. The van der Waals surface area contributed by atoms with Crippen LogP contribution >= 0.6 is 0 Å². The highest BCUT2D eigenvalue weighted by molar-refractivity contribution is 5.82. The summed E-state index contributed by atoms with van der Waals surface area (Å²) in [7, 11) is 1.70. The van der Waals surface area contributed by atoms with Gasteiger partial charge in [0.05, 0.1) is 7.11 Å². The van der Waals surface area contributed by atoms with Gasteiger partial charge in [-0.3, -0.25) is 9.69 Å². The minimum Gasteiger partial charge on any atom is -0.496 e. The third kappa shape index (κ3) is 2.91. The molecule has 98 valence electrons. The van der Waals surface area contributed by atoms with Crippen LogP contribution in [-0.4, -0.2) is 30.9 Å². The van der Waals surface area contributed by atoms with Crippen molar-refractivity contribution in [2.24, 2.45) is 5.92 Å². The summed E-state index contributed by atoms with van der Waals surface area (Å²) in [6, 6.07) is 8.10. The molecule has 0 aromatic heterocycles. The van der Waals surface area contributed by atoms with Crippen molar-refractivity contribution in [3.63, 3.8) is 0 Å². The molecule has 18 heavy (non-hydrogen) atoms. The van der Waals surface area contributed by atoms with Crippen molar-refractivity contribution in [1.82, 2.24) is 4.90 Å². The van der Waals surface area contributed by atoms with E-state index in [1.165, 1.54) is 5.56 Å². The fourth-order valence-electron chi connectivity index (χ4n) is 2.55. The van der Waals surface area contributed by atoms with E-state index in [2.05, 4.69) is 17.9 Å². The van der Waals surface area contributed by atoms with Crippen LogP contribution in [-0.2, 0) is 11.3 Å². The average molecular weight is 247 g/mol. The fourth-order valence-corrected chi connectivity index (χ4v) is 2.55. The van der Waals surface area contributed by atoms with Crippen LogP contribution in [0.25, 0.3) is 0 Å². The molecule has 1 unspecified atom stereocenters. The minimum absolute atomic E-state index is 0.216. The second-order valence-corrected chi connectivity index (χ2v) is 4.87. The highest BCUT2D eigenvalue weighted by atomic mass is 16.5. The zero-order chi connectivity index (χ0) is 13.0. The molecule has 3 nitrogen and oxygen atoms in total. The molecule has 1 aromatic carbocycles. The number of carbonyl (C=O) groups is 1. The number of hydrogen-bond acceptors (Lipinski definition) is 3. The lowest BCUT2D eigenvalue weighted by atomic mass is 9.94. The number of benzene rings is 1. The predicted molar refractivity (Wildman–Crippen MR) is 71.7 cm³/mol. The SMILES string of the molecule is CCC1CN(Cc2ccccc2OC)CCC1=O. The number of Topliss-reactive ketones (excluding diaryl/α,β-unsaturated/α-hetero) is 1. The van der Waals surface area contributed by atoms with Gasteiger partial charge in [-0.1, -0.05) is 25.1 Å². The first-order valence-corrected chi connectivity index (χ1v) is 6.61. The van der Waals surface area contributed by atoms with Gasteiger partial charge in [0, 0.05) is 37.5 Å². The molecule has 1 fully saturated rings. The van der Waals surface area contributed by atoms with Crippen LogP contribution < -0.4 is 4.74 Å². The van der Waals surface area contributed by atoms with Gasteiger partial charge in [-0.15, -0.1) is 0 Å². The largest absolute Gasteiger partial charge is 0.496 e. The number of para-hydroxylation sites is 1. The Morgan fingerprint density at radius 3 is 2.89 bits per heavy atom. The summed E-state index contributed by atoms with van der Waals surface area (Å²) < 4.78 is 5.37. The molecule has 1 atom stereocenters. The molecule has 0 N–H and O–H groups in total. The first kappa shape index (κ1) is 13.1. The second kappa shape index (κ2) is 6.01. The summed E-state index contributed by atoms with van der Waals surface area (Å²) in [5.74, 6) is 1.57. The van der Waals surface area contributed by atoms with Gasteiger partial charge in [0.1, 0.15) is 11.5 Å². The molecule has 0 saturated carbocycles. The van der Waals surface area contributed by atoms with E-state index in [1.54, 1.807) is 7.11 Å². The maximum absolute atomic E-state index is 11.7. The van der Waals surface area contributed by atoms with Gasteiger partial charge in [0.25, 0.3) is 0 Å². The van der Waals surface area contributed by atoms with Crippen molar-refractivity contribution in [1.29, 1.82) is 0 Å². The van der Waals surface area contributed by atoms with Gasteiger partial charge in [-0.25, -0.2) is 0 Å². The van der Waals surface area contributed by atoms with Crippen LogP contribution in [0.2, 0.25) is 0 Å². The second-order valence-electron chi connectivity index (χ2n) is 4.87. The van der Waals surface area contributed by atoms with E-state index in [1.807, 2.05) is 18.2 Å². The van der Waals surface area contributed by atoms with Gasteiger partial charge in [0.2, 0.25) is 0 Å². The van der Waals surface area contributed by atoms with Gasteiger partial charge in [-0.05, 0) is 12.5 Å². The number of hydrogen-bond donors (Lipinski definition) is 0. The Bertz CT molecular complexity index is 417. The van der Waals surface area contributed by atoms with E-state index in [9.17, 15) is 4.79 Å². The highest BCUT2D eigenvalue weighted by Gasteiger charge is 2.25. The topological polar surface area (TPSA) is 29.5 Å². The number of carbonyl (C=O) groups excluding carboxylic acids is 1. The molecule has 2 rings (SSSR count). The van der Waals surface area contributed by atoms with E-state index in [0.717, 1.165) is 31.8 Å². The molecule has 1 aromatic rings. The Morgan fingerprint density at radius 2 is 2.17 bits per heavy atom. The van der Waals surface area contributed by atoms with E-state index < -0.39 is 0 Å². The fraction of sp³-hybridized carbons (Fsp3) is 0.533. The first-order valence-electron chi connectivity index (χ1n) is 6.61. The predicted octanol–water partition coefficient (Wildman–Crippen LogP) is 2.50. The van der Waals surface area contributed by atoms with Crippen molar-refractivity contribution in [3.8, 4) is 5.75 Å². The van der Waals surface area contributed by atoms with E-state index >= 15 is 0 Å². The molecule has 1 aliphatic rings. The Morgan fingerprint density at radius 1 is 1.39 bits per heavy atom. The van der Waals surface area contributed by atoms with E-state index in [-0.39, 0.29) is 5.92 Å². The number of methoxy groups -OCH3 is 1. The quantitative estimate of drug-likeness (QED) is 0.818. The third-order valence-electron chi connectivity index (χ3n) is 3.69. The van der Waals surface area contributed by atoms with Crippen LogP contribution in [0.3, 0.4) is 0 Å². The van der Waals surface area contributed by atoms with Crippen molar-refractivity contribution >= 4 is 5.78 Å². The molecule has 1 aliphatic heterocycles. The van der Waals surface area contributed by atoms with Gasteiger partial charge < -0.3 is 4.74 Å². The summed E-state index contributed by atoms with van der Waals surface area (Å²) >= 11 is 0. The summed E-state index contributed by atoms with van der Waals surface area (Å²) in [6.07, 6.45) is 1.63. The Kier molecular flexibility index (Phi) is 4.37. The van der Waals surface area contributed by atoms with Crippen LogP contribution in [0.1, 0.15) is 25.3 Å². The lowest BCUT2D eigenvalue weighted by Crippen LogP contribution is -2.40. The number of piperidine rings is 1. The Labute approximate surface area is 109 Å². The van der Waals surface area contributed by atoms with E-state index in [4.69, 9.17) is 4.74 Å². The molecule has 0 spiro atoms. The summed E-state index contributed by atoms with van der Waals surface area (Å²) in [4.78, 5) is 14.0. The molecular weight excluding hydrogens is 226 g/mol. The normalized spacial score (nSPS) is 21.0. The van der Waals surface area contributed by atoms with Gasteiger partial charge in [-0.2, -0.15) is 0 Å². The molecule has 0 radical (unpaired) electrons. The minimum atomic E-state index is 0.216. The average Bonchev–Trinajstić information content (AvgIpc) is 2.41. The Hall–Kier alpha value is -1.35. The van der Waals surface area contributed by atoms with Crippen LogP contribution in [0.15, 0.2) is 24.3 Å². The summed E-state index contributed by atoms with van der Waals surface area (Å²) in [5.41, 5.74) is 1.20. The van der Waals surface area contributed by atoms with Gasteiger partial charge in [0.15, 0.2) is 0 Å². The van der Waals surface area contributed by atoms with Crippen LogP contribution in [0.5, 0.6) is 5.75 Å². The zero-order valence-corrected chi connectivity index (χ0v) is 11.2. The number of ketones is 1. The van der Waals surface area contributed by atoms with Crippen molar-refractivity contribution < 1.29 is 9.53 Å². The third-order valence-corrected chi connectivity index (χ3v) is 3.69. The lowest BCUT2D eigenvalue weighted by Gasteiger charge is -2.31. The highest BCUT2D eigenvalue weighted by Crippen LogP contribution is 2.23. The number of likely N-dealkylation sites (tertiary alicyclic amines) is 1. The van der Waals surface area contributed by atoms with Gasteiger partial charge >= 0.3 is 0 Å². The monoisotopic (exact) mass is 247 g/mol. The molecule has 0 bridgehead atoms. The number of ether oxygens (including phenoxy) is 1. The lowest BCUT2D eigenvalue weighted by molar-refractivity contribution is -0.126. The van der Waals surface area contributed by atoms with Crippen LogP contribution in [0.4, 0.5) is 0 Å². The number of rotatable bonds is 4. The maximum atomic E-state index is 11.7. The summed E-state index contributed by atoms with van der Waals surface area (Å²) in [5, 5.41) is 0. The van der Waals surface area contributed by atoms with Crippen molar-refractivity contribution in [2.45, 2.75) is 26.3 Å². The Balaban J connectivity index is 2.03. The van der Waals surface area contributed by atoms with Crippen LogP contribution in [0, 0.1) is 5.92 Å². The van der Waals surface area contributed by atoms with Crippen molar-refractivity contribution in [2.75, 3.05) is 20.2 Å². The molecule has 1 saturated heterocycles. The summed E-state index contributed by atoms with van der Waals surface area (Å²) in [6.45, 7) is 4.71. The molecule has 3 heteroatoms. The maximum Gasteiger partial charge on any atom is 0.138 e. The van der Waals surface area contributed by atoms with E-state index in [0.29, 0.717) is 12.2 Å². The number of nitrogens with zero attached hydrogens (tertiary/aromatic N) is 1. The molecule has 1 heterocycles. The first-order chi connectivity index (χ1) is 8.74. The molecular formula is C15H21NO2. The molecule has 0 amide bonds. The standard InChI is InChI=1S/C15H21NO2/c1-3-12-10-16(9-8-14(12)17)11-13-6-4-5-7-15(13)18-2/h4-7,12H,3,8-11H2,1-2H3. The molecule has 0 aliphatic carbocycles. The smallest absolute Gasteiger partial charge is 0.138 e. The van der Waals surface area contributed by atoms with Crippen molar-refractivity contribution in [3.05, 3.63) is 29.8 Å².